The lowest BCUT2D eigenvalue weighted by atomic mass is 9.88. The van der Waals surface area contributed by atoms with Crippen molar-refractivity contribution in [3.05, 3.63) is 24.2 Å². The second-order valence-corrected chi connectivity index (χ2v) is 4.96. The number of nitrogens with one attached hydrogen (secondary N) is 1. The van der Waals surface area contributed by atoms with Crippen LogP contribution in [0.15, 0.2) is 22.8 Å². The number of amides is 1. The molecular formula is C14H21NO4. The molecule has 1 unspecified atom stereocenters. The summed E-state index contributed by atoms with van der Waals surface area (Å²) >= 11 is 0. The molecule has 0 bridgehead atoms. The Morgan fingerprint density at radius 3 is 2.63 bits per heavy atom. The molecule has 0 aromatic carbocycles. The van der Waals surface area contributed by atoms with Gasteiger partial charge in [0.25, 0.3) is 5.91 Å². The van der Waals surface area contributed by atoms with Crippen LogP contribution in [0, 0.1) is 11.8 Å². The molecule has 0 spiro atoms. The van der Waals surface area contributed by atoms with Crippen LogP contribution >= 0.6 is 0 Å². The Kier molecular flexibility index (Phi) is 6.12. The lowest BCUT2D eigenvalue weighted by Gasteiger charge is -2.20. The Morgan fingerprint density at radius 2 is 2.11 bits per heavy atom. The highest BCUT2D eigenvalue weighted by Crippen LogP contribution is 2.20. The Bertz CT molecular complexity index is 398. The predicted octanol–water partition coefficient (Wildman–Crippen LogP) is 2.54. The van der Waals surface area contributed by atoms with Gasteiger partial charge in [-0.3, -0.25) is 9.59 Å². The van der Waals surface area contributed by atoms with Gasteiger partial charge < -0.3 is 14.8 Å². The molecule has 0 radical (unpaired) electrons. The van der Waals surface area contributed by atoms with E-state index in [1.165, 1.54) is 6.26 Å². The molecule has 0 fully saturated rings. The second-order valence-electron chi connectivity index (χ2n) is 4.96. The molecule has 2 N–H and O–H groups in total. The molecule has 0 saturated heterocycles. The summed E-state index contributed by atoms with van der Waals surface area (Å²) in [5.74, 6) is -0.00416. The summed E-state index contributed by atoms with van der Waals surface area (Å²) in [4.78, 5) is 22.2. The van der Waals surface area contributed by atoms with Gasteiger partial charge in [-0.05, 0) is 36.8 Å². The molecule has 1 aromatic heterocycles. The highest BCUT2D eigenvalue weighted by Gasteiger charge is 2.15. The molecule has 0 aliphatic rings. The van der Waals surface area contributed by atoms with E-state index >= 15 is 0 Å². The van der Waals surface area contributed by atoms with Gasteiger partial charge in [-0.15, -0.1) is 0 Å². The van der Waals surface area contributed by atoms with Crippen LogP contribution in [0.1, 0.15) is 43.7 Å². The van der Waals surface area contributed by atoms with Gasteiger partial charge in [-0.2, -0.15) is 0 Å². The monoisotopic (exact) mass is 267 g/mol. The molecule has 0 aliphatic carbocycles. The summed E-state index contributed by atoms with van der Waals surface area (Å²) in [6, 6.07) is 3.28. The average Bonchev–Trinajstić information content (AvgIpc) is 2.86. The summed E-state index contributed by atoms with van der Waals surface area (Å²) in [6.07, 6.45) is 3.05. The van der Waals surface area contributed by atoms with Crippen LogP contribution in [0.25, 0.3) is 0 Å². The number of aliphatic carboxylic acids is 1. The van der Waals surface area contributed by atoms with Crippen molar-refractivity contribution in [1.29, 1.82) is 0 Å². The number of carboxylic acid groups (broad SMARTS) is 1. The van der Waals surface area contributed by atoms with Crippen LogP contribution in [0.2, 0.25) is 0 Å². The molecule has 5 nitrogen and oxygen atoms in total. The molecule has 1 aromatic rings. The van der Waals surface area contributed by atoms with E-state index in [1.807, 2.05) is 0 Å². The number of carbonyl (C=O) groups excluding carboxylic acids is 1. The second kappa shape index (κ2) is 7.61. The Morgan fingerprint density at radius 1 is 1.37 bits per heavy atom. The number of carbonyl (C=O) groups is 2. The van der Waals surface area contributed by atoms with Gasteiger partial charge in [0, 0.05) is 13.0 Å². The third kappa shape index (κ3) is 5.59. The zero-order chi connectivity index (χ0) is 14.3. The van der Waals surface area contributed by atoms with Crippen LogP contribution in [0.3, 0.4) is 0 Å². The largest absolute Gasteiger partial charge is 0.481 e. The van der Waals surface area contributed by atoms with Gasteiger partial charge in [0.2, 0.25) is 0 Å². The molecule has 1 rings (SSSR count). The van der Waals surface area contributed by atoms with E-state index in [9.17, 15) is 9.59 Å². The van der Waals surface area contributed by atoms with E-state index in [4.69, 9.17) is 9.52 Å². The lowest BCUT2D eigenvalue weighted by molar-refractivity contribution is -0.137. The van der Waals surface area contributed by atoms with Crippen molar-refractivity contribution in [3.8, 4) is 0 Å². The van der Waals surface area contributed by atoms with E-state index in [0.29, 0.717) is 30.6 Å². The minimum absolute atomic E-state index is 0.176. The third-order valence-electron chi connectivity index (χ3n) is 3.22. The number of carboxylic acids is 1. The first-order chi connectivity index (χ1) is 9.00. The summed E-state index contributed by atoms with van der Waals surface area (Å²) < 4.78 is 4.99. The third-order valence-corrected chi connectivity index (χ3v) is 3.22. The van der Waals surface area contributed by atoms with Crippen LogP contribution in [0.5, 0.6) is 0 Å². The Hall–Kier alpha value is -1.78. The standard InChI is InChI=1S/C14H21NO4/c1-10(2)11(5-6-13(16)17)7-8-15-14(18)12-4-3-9-19-12/h3-4,9-11H,5-8H2,1-2H3,(H,15,18)(H,16,17). The van der Waals surface area contributed by atoms with Gasteiger partial charge in [0.1, 0.15) is 0 Å². The van der Waals surface area contributed by atoms with E-state index in [1.54, 1.807) is 12.1 Å². The highest BCUT2D eigenvalue weighted by atomic mass is 16.4. The van der Waals surface area contributed by atoms with E-state index < -0.39 is 5.97 Å². The number of hydrogen-bond donors (Lipinski definition) is 2. The molecule has 5 heteroatoms. The molecule has 106 valence electrons. The van der Waals surface area contributed by atoms with Crippen molar-refractivity contribution in [2.75, 3.05) is 6.54 Å². The zero-order valence-corrected chi connectivity index (χ0v) is 11.4. The van der Waals surface area contributed by atoms with E-state index in [-0.39, 0.29) is 12.3 Å². The summed E-state index contributed by atoms with van der Waals surface area (Å²) in [7, 11) is 0. The molecule has 1 amide bonds. The van der Waals surface area contributed by atoms with Gasteiger partial charge in [-0.1, -0.05) is 13.8 Å². The Balaban J connectivity index is 2.32. The normalized spacial score (nSPS) is 12.4. The summed E-state index contributed by atoms with van der Waals surface area (Å²) in [6.45, 7) is 4.67. The van der Waals surface area contributed by atoms with Gasteiger partial charge >= 0.3 is 5.97 Å². The van der Waals surface area contributed by atoms with Crippen molar-refractivity contribution in [1.82, 2.24) is 5.32 Å². The first kappa shape index (κ1) is 15.3. The maximum absolute atomic E-state index is 11.6. The van der Waals surface area contributed by atoms with Crippen molar-refractivity contribution in [3.63, 3.8) is 0 Å². The SMILES string of the molecule is CC(C)C(CCNC(=O)c1ccco1)CCC(=O)O. The number of hydrogen-bond acceptors (Lipinski definition) is 3. The van der Waals surface area contributed by atoms with Gasteiger partial charge in [-0.25, -0.2) is 0 Å². The Labute approximate surface area is 113 Å². The van der Waals surface area contributed by atoms with Gasteiger partial charge in [0.05, 0.1) is 6.26 Å². The molecular weight excluding hydrogens is 246 g/mol. The fourth-order valence-corrected chi connectivity index (χ4v) is 1.99. The number of rotatable bonds is 8. The quantitative estimate of drug-likeness (QED) is 0.758. The predicted molar refractivity (Wildman–Crippen MR) is 70.9 cm³/mol. The lowest BCUT2D eigenvalue weighted by Crippen LogP contribution is -2.26. The fraction of sp³-hybridized carbons (Fsp3) is 0.571. The van der Waals surface area contributed by atoms with Crippen molar-refractivity contribution < 1.29 is 19.1 Å². The van der Waals surface area contributed by atoms with E-state index in [2.05, 4.69) is 19.2 Å². The van der Waals surface area contributed by atoms with E-state index in [0.717, 1.165) is 6.42 Å². The topological polar surface area (TPSA) is 79.5 Å². The maximum Gasteiger partial charge on any atom is 0.303 e. The van der Waals surface area contributed by atoms with Crippen molar-refractivity contribution in [2.24, 2.45) is 11.8 Å². The average molecular weight is 267 g/mol. The van der Waals surface area contributed by atoms with Crippen LogP contribution in [-0.2, 0) is 4.79 Å². The molecule has 1 atom stereocenters. The van der Waals surface area contributed by atoms with Gasteiger partial charge in [0.15, 0.2) is 5.76 Å². The van der Waals surface area contributed by atoms with Crippen LogP contribution < -0.4 is 5.32 Å². The fourth-order valence-electron chi connectivity index (χ4n) is 1.99. The molecule has 1 heterocycles. The van der Waals surface area contributed by atoms with Crippen LogP contribution in [-0.4, -0.2) is 23.5 Å². The van der Waals surface area contributed by atoms with Crippen molar-refractivity contribution in [2.45, 2.75) is 33.1 Å². The smallest absolute Gasteiger partial charge is 0.303 e. The number of furan rings is 1. The minimum atomic E-state index is -0.773. The summed E-state index contributed by atoms with van der Waals surface area (Å²) in [5.41, 5.74) is 0. The van der Waals surface area contributed by atoms with Crippen LogP contribution in [0.4, 0.5) is 0 Å². The first-order valence-electron chi connectivity index (χ1n) is 6.54. The molecule has 0 saturated carbocycles. The minimum Gasteiger partial charge on any atom is -0.481 e. The molecule has 19 heavy (non-hydrogen) atoms. The first-order valence-corrected chi connectivity index (χ1v) is 6.54. The van der Waals surface area contributed by atoms with Crippen molar-refractivity contribution >= 4 is 11.9 Å². The maximum atomic E-state index is 11.6. The highest BCUT2D eigenvalue weighted by molar-refractivity contribution is 5.91. The zero-order valence-electron chi connectivity index (χ0n) is 11.4. The summed E-state index contributed by atoms with van der Waals surface area (Å²) in [5, 5.41) is 11.5. The molecule has 0 aliphatic heterocycles.